The first kappa shape index (κ1) is 15.3. The average molecular weight is 321 g/mol. The van der Waals surface area contributed by atoms with Crippen LogP contribution in [0.3, 0.4) is 0 Å². The summed E-state index contributed by atoms with van der Waals surface area (Å²) in [4.78, 5) is 12.7. The van der Waals surface area contributed by atoms with Crippen LogP contribution in [0.1, 0.15) is 5.56 Å². The van der Waals surface area contributed by atoms with Crippen LogP contribution < -0.4 is 5.73 Å². The highest BCUT2D eigenvalue weighted by atomic mass is 35.5. The van der Waals surface area contributed by atoms with Gasteiger partial charge in [-0.25, -0.2) is 15.0 Å². The summed E-state index contributed by atoms with van der Waals surface area (Å²) < 4.78 is 1.95. The number of thioether (sulfide) groups is 1. The first-order valence-electron chi connectivity index (χ1n) is 5.95. The lowest BCUT2D eigenvalue weighted by Gasteiger charge is -2.04. The highest BCUT2D eigenvalue weighted by molar-refractivity contribution is 8.13. The predicted octanol–water partition coefficient (Wildman–Crippen LogP) is 2.28. The van der Waals surface area contributed by atoms with Gasteiger partial charge in [0.1, 0.15) is 16.9 Å². The van der Waals surface area contributed by atoms with Gasteiger partial charge in [0.2, 0.25) is 0 Å². The summed E-state index contributed by atoms with van der Waals surface area (Å²) in [5, 5.41) is 7.93. The molecule has 0 amide bonds. The van der Waals surface area contributed by atoms with E-state index in [1.165, 1.54) is 11.9 Å². The lowest BCUT2D eigenvalue weighted by atomic mass is 10.2. The zero-order valence-corrected chi connectivity index (χ0v) is 12.6. The van der Waals surface area contributed by atoms with E-state index in [0.29, 0.717) is 17.1 Å². The number of imidazole rings is 1. The molecule has 0 atom stereocenters. The van der Waals surface area contributed by atoms with Crippen molar-refractivity contribution in [3.63, 3.8) is 0 Å². The number of hydrogen-bond acceptors (Lipinski definition) is 5. The molecule has 3 aromatic rings. The van der Waals surface area contributed by atoms with Crippen LogP contribution in [-0.4, -0.2) is 24.7 Å². The molecule has 3 rings (SSSR count). The highest BCUT2D eigenvalue weighted by Crippen LogP contribution is 2.23. The van der Waals surface area contributed by atoms with Crippen LogP contribution in [0.15, 0.2) is 48.0 Å². The zero-order valence-electron chi connectivity index (χ0n) is 10.9. The van der Waals surface area contributed by atoms with Gasteiger partial charge in [-0.3, -0.25) is 5.41 Å². The topological polar surface area (TPSA) is 93.5 Å². The van der Waals surface area contributed by atoms with Gasteiger partial charge in [-0.2, -0.15) is 0 Å². The van der Waals surface area contributed by atoms with E-state index in [0.717, 1.165) is 17.4 Å². The Bertz CT molecular complexity index is 758. The molecule has 3 N–H and O–H groups in total. The van der Waals surface area contributed by atoms with Crippen LogP contribution in [0.25, 0.3) is 11.2 Å². The number of aromatic nitrogens is 4. The van der Waals surface area contributed by atoms with E-state index >= 15 is 0 Å². The fourth-order valence-corrected chi connectivity index (χ4v) is 2.48. The Morgan fingerprint density at radius 2 is 1.95 bits per heavy atom. The quantitative estimate of drug-likeness (QED) is 0.334. The average Bonchev–Trinajstić information content (AvgIpc) is 2.84. The fourth-order valence-electron chi connectivity index (χ4n) is 1.93. The molecule has 0 aliphatic rings. The van der Waals surface area contributed by atoms with Crippen LogP contribution in [0.2, 0.25) is 0 Å². The van der Waals surface area contributed by atoms with Gasteiger partial charge >= 0.3 is 0 Å². The number of fused-ring (bicyclic) bond motifs is 1. The number of nitrogens with two attached hydrogens (primary N) is 1. The highest BCUT2D eigenvalue weighted by Gasteiger charge is 2.11. The second-order valence-corrected chi connectivity index (χ2v) is 5.21. The van der Waals surface area contributed by atoms with Crippen molar-refractivity contribution in [2.24, 2.45) is 5.73 Å². The molecule has 0 aliphatic carbocycles. The van der Waals surface area contributed by atoms with Gasteiger partial charge in [0, 0.05) is 0 Å². The van der Waals surface area contributed by atoms with Gasteiger partial charge < -0.3 is 10.3 Å². The summed E-state index contributed by atoms with van der Waals surface area (Å²) in [5.41, 5.74) is 7.98. The Labute approximate surface area is 131 Å². The molecule has 0 unspecified atom stereocenters. The summed E-state index contributed by atoms with van der Waals surface area (Å²) >= 11 is 1.08. The SMILES string of the molecule is Cl.N=C(N)Sc1ncnc2c1ncn2Cc1ccccc1. The number of nitrogens with zero attached hydrogens (tertiary/aromatic N) is 4. The van der Waals surface area contributed by atoms with Crippen LogP contribution in [0, 0.1) is 5.41 Å². The van der Waals surface area contributed by atoms with Gasteiger partial charge in [-0.1, -0.05) is 30.3 Å². The van der Waals surface area contributed by atoms with Gasteiger partial charge in [0.05, 0.1) is 12.9 Å². The third kappa shape index (κ3) is 3.32. The van der Waals surface area contributed by atoms with E-state index in [9.17, 15) is 0 Å². The molecule has 1 aromatic carbocycles. The lowest BCUT2D eigenvalue weighted by Crippen LogP contribution is -2.04. The molecular weight excluding hydrogens is 308 g/mol. The number of benzene rings is 1. The fraction of sp³-hybridized carbons (Fsp3) is 0.0769. The molecule has 0 fully saturated rings. The van der Waals surface area contributed by atoms with E-state index in [2.05, 4.69) is 27.1 Å². The first-order chi connectivity index (χ1) is 9.74. The normalized spacial score (nSPS) is 10.3. The van der Waals surface area contributed by atoms with Crippen molar-refractivity contribution in [3.8, 4) is 0 Å². The van der Waals surface area contributed by atoms with Crippen LogP contribution in [-0.2, 0) is 6.54 Å². The van der Waals surface area contributed by atoms with Gasteiger partial charge in [0.15, 0.2) is 10.8 Å². The molecule has 2 aromatic heterocycles. The maximum Gasteiger partial charge on any atom is 0.164 e. The standard InChI is InChI=1S/C13H12N6S.ClH/c14-13(15)20-12-10-11(16-7-17-12)19(8-18-10)6-9-4-2-1-3-5-9;/h1-5,7-8H,6H2,(H3,14,15);1H. The van der Waals surface area contributed by atoms with Crippen molar-refractivity contribution in [3.05, 3.63) is 48.5 Å². The van der Waals surface area contributed by atoms with E-state index in [1.807, 2.05) is 22.8 Å². The minimum Gasteiger partial charge on any atom is -0.378 e. The number of rotatable bonds is 3. The number of nitrogens with one attached hydrogen (secondary N) is 1. The van der Waals surface area contributed by atoms with Crippen LogP contribution >= 0.6 is 24.2 Å². The summed E-state index contributed by atoms with van der Waals surface area (Å²) in [6, 6.07) is 10.1. The second-order valence-electron chi connectivity index (χ2n) is 4.18. The summed E-state index contributed by atoms with van der Waals surface area (Å²) in [6.07, 6.45) is 3.20. The molecule has 0 spiro atoms. The Hall–Kier alpha value is -2.12. The minimum absolute atomic E-state index is 0. The van der Waals surface area contributed by atoms with Crippen molar-refractivity contribution in [2.45, 2.75) is 11.6 Å². The number of halogens is 1. The monoisotopic (exact) mass is 320 g/mol. The summed E-state index contributed by atoms with van der Waals surface area (Å²) in [5.74, 6) is 0. The Balaban J connectivity index is 0.00000161. The minimum atomic E-state index is -0.0115. The van der Waals surface area contributed by atoms with Crippen molar-refractivity contribution >= 4 is 40.5 Å². The molecule has 0 bridgehead atoms. The first-order valence-corrected chi connectivity index (χ1v) is 6.77. The maximum absolute atomic E-state index is 7.34. The molecule has 2 heterocycles. The molecule has 0 radical (unpaired) electrons. The molecule has 0 saturated heterocycles. The Morgan fingerprint density at radius 1 is 1.19 bits per heavy atom. The number of amidine groups is 1. The van der Waals surface area contributed by atoms with Gasteiger partial charge in [0.25, 0.3) is 0 Å². The third-order valence-corrected chi connectivity index (χ3v) is 3.48. The Kier molecular flexibility index (Phi) is 4.77. The van der Waals surface area contributed by atoms with E-state index in [1.54, 1.807) is 6.33 Å². The summed E-state index contributed by atoms with van der Waals surface area (Å²) in [6.45, 7) is 0.693. The maximum atomic E-state index is 7.34. The second kappa shape index (κ2) is 6.55. The van der Waals surface area contributed by atoms with Gasteiger partial charge in [-0.15, -0.1) is 12.4 Å². The van der Waals surface area contributed by atoms with Crippen LogP contribution in [0.4, 0.5) is 0 Å². The van der Waals surface area contributed by atoms with E-state index in [-0.39, 0.29) is 17.6 Å². The lowest BCUT2D eigenvalue weighted by molar-refractivity contribution is 0.812. The third-order valence-electron chi connectivity index (χ3n) is 2.77. The largest absolute Gasteiger partial charge is 0.378 e. The smallest absolute Gasteiger partial charge is 0.164 e. The van der Waals surface area contributed by atoms with E-state index in [4.69, 9.17) is 11.1 Å². The van der Waals surface area contributed by atoms with Gasteiger partial charge in [-0.05, 0) is 17.3 Å². The molecular formula is C13H13ClN6S. The predicted molar refractivity (Wildman–Crippen MR) is 85.9 cm³/mol. The van der Waals surface area contributed by atoms with Crippen molar-refractivity contribution in [1.29, 1.82) is 5.41 Å². The molecule has 21 heavy (non-hydrogen) atoms. The van der Waals surface area contributed by atoms with Crippen molar-refractivity contribution in [1.82, 2.24) is 19.5 Å². The van der Waals surface area contributed by atoms with E-state index < -0.39 is 0 Å². The zero-order chi connectivity index (χ0) is 13.9. The van der Waals surface area contributed by atoms with Crippen LogP contribution in [0.5, 0.6) is 0 Å². The molecule has 8 heteroatoms. The molecule has 0 aliphatic heterocycles. The van der Waals surface area contributed by atoms with Crippen molar-refractivity contribution < 1.29 is 0 Å². The van der Waals surface area contributed by atoms with Crippen molar-refractivity contribution in [2.75, 3.05) is 0 Å². The summed E-state index contributed by atoms with van der Waals surface area (Å²) in [7, 11) is 0. The Morgan fingerprint density at radius 3 is 2.67 bits per heavy atom. The molecule has 108 valence electrons. The molecule has 6 nitrogen and oxygen atoms in total. The number of hydrogen-bond donors (Lipinski definition) is 2. The molecule has 0 saturated carbocycles.